The summed E-state index contributed by atoms with van der Waals surface area (Å²) in [5.41, 5.74) is 3.09. The first-order valence-corrected chi connectivity index (χ1v) is 9.50. The van der Waals surface area contributed by atoms with Crippen molar-refractivity contribution >= 4 is 17.5 Å². The number of carbonyl (C=O) groups is 1. The standard InChI is InChI=1S/C23H18ClN3O2/c1-15-11-13-16(14-12-15)21(28)25-20(18-9-5-6-10-19(18)24)23-27-26-22(29-23)17-7-3-2-4-8-17/h2-14,20H,1H3,(H,25,28)/t20-/m1/s1. The van der Waals surface area contributed by atoms with E-state index in [-0.39, 0.29) is 11.8 Å². The first kappa shape index (κ1) is 18.9. The monoisotopic (exact) mass is 403 g/mol. The molecule has 4 rings (SSSR count). The van der Waals surface area contributed by atoms with Crippen LogP contribution < -0.4 is 5.32 Å². The summed E-state index contributed by atoms with van der Waals surface area (Å²) in [6, 6.07) is 23.4. The highest BCUT2D eigenvalue weighted by molar-refractivity contribution is 6.31. The molecule has 1 aromatic heterocycles. The van der Waals surface area contributed by atoms with E-state index in [1.165, 1.54) is 0 Å². The van der Waals surface area contributed by atoms with Gasteiger partial charge in [-0.15, -0.1) is 10.2 Å². The van der Waals surface area contributed by atoms with E-state index in [0.717, 1.165) is 11.1 Å². The van der Waals surface area contributed by atoms with Crippen molar-refractivity contribution in [3.8, 4) is 11.5 Å². The third-order valence-corrected chi connectivity index (χ3v) is 4.86. The molecule has 1 amide bonds. The predicted molar refractivity (Wildman–Crippen MR) is 112 cm³/mol. The Kier molecular flexibility index (Phi) is 5.40. The van der Waals surface area contributed by atoms with Crippen LogP contribution in [0.5, 0.6) is 0 Å². The molecule has 1 atom stereocenters. The van der Waals surface area contributed by atoms with E-state index >= 15 is 0 Å². The number of amides is 1. The summed E-state index contributed by atoms with van der Waals surface area (Å²) in [5, 5.41) is 11.8. The van der Waals surface area contributed by atoms with Crippen LogP contribution in [0, 0.1) is 6.92 Å². The zero-order valence-corrected chi connectivity index (χ0v) is 16.4. The topological polar surface area (TPSA) is 68.0 Å². The van der Waals surface area contributed by atoms with Crippen molar-refractivity contribution < 1.29 is 9.21 Å². The molecule has 5 nitrogen and oxygen atoms in total. The maximum Gasteiger partial charge on any atom is 0.252 e. The first-order valence-electron chi connectivity index (χ1n) is 9.12. The number of nitrogens with zero attached hydrogens (tertiary/aromatic N) is 2. The van der Waals surface area contributed by atoms with Gasteiger partial charge in [0.05, 0.1) is 0 Å². The van der Waals surface area contributed by atoms with Crippen molar-refractivity contribution in [2.75, 3.05) is 0 Å². The summed E-state index contributed by atoms with van der Waals surface area (Å²) in [6.45, 7) is 1.97. The Morgan fingerprint density at radius 1 is 0.931 bits per heavy atom. The number of hydrogen-bond donors (Lipinski definition) is 1. The minimum Gasteiger partial charge on any atom is -0.418 e. The minimum atomic E-state index is -0.678. The Morgan fingerprint density at radius 3 is 2.34 bits per heavy atom. The van der Waals surface area contributed by atoms with E-state index in [9.17, 15) is 4.79 Å². The van der Waals surface area contributed by atoms with Gasteiger partial charge in [0.2, 0.25) is 11.8 Å². The van der Waals surface area contributed by atoms with Crippen LogP contribution in [-0.4, -0.2) is 16.1 Å². The highest BCUT2D eigenvalue weighted by Crippen LogP contribution is 2.29. The third kappa shape index (κ3) is 4.20. The predicted octanol–water partition coefficient (Wildman–Crippen LogP) is 5.22. The van der Waals surface area contributed by atoms with Gasteiger partial charge < -0.3 is 9.73 Å². The Morgan fingerprint density at radius 2 is 1.62 bits per heavy atom. The average Bonchev–Trinajstić information content (AvgIpc) is 3.24. The van der Waals surface area contributed by atoms with Crippen molar-refractivity contribution in [3.63, 3.8) is 0 Å². The van der Waals surface area contributed by atoms with Gasteiger partial charge in [0.15, 0.2) is 0 Å². The van der Waals surface area contributed by atoms with Crippen molar-refractivity contribution in [3.05, 3.63) is 106 Å². The number of benzene rings is 3. The fraction of sp³-hybridized carbons (Fsp3) is 0.0870. The number of halogens is 1. The second-order valence-corrected chi connectivity index (χ2v) is 7.01. The van der Waals surface area contributed by atoms with Crippen LogP contribution in [0.4, 0.5) is 0 Å². The van der Waals surface area contributed by atoms with Gasteiger partial charge in [0.25, 0.3) is 5.91 Å². The van der Waals surface area contributed by atoms with Crippen LogP contribution in [-0.2, 0) is 0 Å². The molecule has 0 spiro atoms. The lowest BCUT2D eigenvalue weighted by molar-refractivity contribution is 0.0938. The fourth-order valence-corrected chi connectivity index (χ4v) is 3.19. The van der Waals surface area contributed by atoms with E-state index in [2.05, 4.69) is 15.5 Å². The Balaban J connectivity index is 1.70. The van der Waals surface area contributed by atoms with E-state index in [1.54, 1.807) is 18.2 Å². The highest BCUT2D eigenvalue weighted by Gasteiger charge is 2.25. The first-order chi connectivity index (χ1) is 14.1. The fourth-order valence-electron chi connectivity index (χ4n) is 2.95. The molecular weight excluding hydrogens is 386 g/mol. The van der Waals surface area contributed by atoms with E-state index in [4.69, 9.17) is 16.0 Å². The zero-order valence-electron chi connectivity index (χ0n) is 15.7. The smallest absolute Gasteiger partial charge is 0.252 e. The number of aromatic nitrogens is 2. The molecule has 0 aliphatic carbocycles. The van der Waals surface area contributed by atoms with Gasteiger partial charge in [0.1, 0.15) is 6.04 Å². The summed E-state index contributed by atoms with van der Waals surface area (Å²) in [5.74, 6) is 0.383. The molecule has 0 fully saturated rings. The van der Waals surface area contributed by atoms with Gasteiger partial charge in [-0.3, -0.25) is 4.79 Å². The van der Waals surface area contributed by atoms with Gasteiger partial charge in [0, 0.05) is 21.7 Å². The number of hydrogen-bond acceptors (Lipinski definition) is 4. The summed E-state index contributed by atoms with van der Waals surface area (Å²) < 4.78 is 5.90. The minimum absolute atomic E-state index is 0.255. The van der Waals surface area contributed by atoms with Crippen LogP contribution in [0.3, 0.4) is 0 Å². The summed E-state index contributed by atoms with van der Waals surface area (Å²) >= 11 is 6.40. The van der Waals surface area contributed by atoms with E-state index < -0.39 is 6.04 Å². The number of rotatable bonds is 5. The van der Waals surface area contributed by atoms with E-state index in [1.807, 2.05) is 67.6 Å². The second kappa shape index (κ2) is 8.29. The average molecular weight is 404 g/mol. The lowest BCUT2D eigenvalue weighted by atomic mass is 10.1. The third-order valence-electron chi connectivity index (χ3n) is 4.51. The molecule has 6 heteroatoms. The Labute approximate surface area is 173 Å². The Hall–Kier alpha value is -3.44. The summed E-state index contributed by atoms with van der Waals surface area (Å²) in [7, 11) is 0. The Bertz CT molecular complexity index is 1120. The molecule has 0 saturated carbocycles. The van der Waals surface area contributed by atoms with E-state index in [0.29, 0.717) is 22.0 Å². The molecule has 1 heterocycles. The van der Waals surface area contributed by atoms with Crippen LogP contribution in [0.2, 0.25) is 5.02 Å². The van der Waals surface area contributed by atoms with Gasteiger partial charge in [-0.25, -0.2) is 0 Å². The quantitative estimate of drug-likeness (QED) is 0.496. The van der Waals surface area contributed by atoms with Crippen molar-refractivity contribution in [2.45, 2.75) is 13.0 Å². The molecule has 0 radical (unpaired) electrons. The molecule has 29 heavy (non-hydrogen) atoms. The molecule has 4 aromatic rings. The normalized spacial score (nSPS) is 11.8. The van der Waals surface area contributed by atoms with Crippen molar-refractivity contribution in [1.82, 2.24) is 15.5 Å². The van der Waals surface area contributed by atoms with Gasteiger partial charge in [-0.2, -0.15) is 0 Å². The lowest BCUT2D eigenvalue weighted by Gasteiger charge is -2.17. The van der Waals surface area contributed by atoms with Crippen LogP contribution >= 0.6 is 11.6 Å². The van der Waals surface area contributed by atoms with Gasteiger partial charge in [-0.05, 0) is 37.3 Å². The van der Waals surface area contributed by atoms with Crippen LogP contribution in [0.25, 0.3) is 11.5 Å². The summed E-state index contributed by atoms with van der Waals surface area (Å²) in [6.07, 6.45) is 0. The van der Waals surface area contributed by atoms with Crippen molar-refractivity contribution in [1.29, 1.82) is 0 Å². The maximum atomic E-state index is 12.9. The number of aryl methyl sites for hydroxylation is 1. The molecular formula is C23H18ClN3O2. The molecule has 0 saturated heterocycles. The van der Waals surface area contributed by atoms with Crippen molar-refractivity contribution in [2.24, 2.45) is 0 Å². The molecule has 0 aliphatic rings. The molecule has 3 aromatic carbocycles. The second-order valence-electron chi connectivity index (χ2n) is 6.61. The lowest BCUT2D eigenvalue weighted by Crippen LogP contribution is -2.29. The molecule has 144 valence electrons. The summed E-state index contributed by atoms with van der Waals surface area (Å²) in [4.78, 5) is 12.9. The molecule has 1 N–H and O–H groups in total. The number of nitrogens with one attached hydrogen (secondary N) is 1. The maximum absolute atomic E-state index is 12.9. The van der Waals surface area contributed by atoms with Crippen LogP contribution in [0.1, 0.15) is 33.4 Å². The van der Waals surface area contributed by atoms with Crippen LogP contribution in [0.15, 0.2) is 83.3 Å². The van der Waals surface area contributed by atoms with Gasteiger partial charge in [-0.1, -0.05) is 65.7 Å². The molecule has 0 unspecified atom stereocenters. The van der Waals surface area contributed by atoms with Gasteiger partial charge >= 0.3 is 0 Å². The zero-order chi connectivity index (χ0) is 20.2. The largest absolute Gasteiger partial charge is 0.418 e. The molecule has 0 aliphatic heterocycles. The molecule has 0 bridgehead atoms. The number of carbonyl (C=O) groups excluding carboxylic acids is 1. The SMILES string of the molecule is Cc1ccc(C(=O)N[C@@H](c2nnc(-c3ccccc3)o2)c2ccccc2Cl)cc1. The highest BCUT2D eigenvalue weighted by atomic mass is 35.5.